The van der Waals surface area contributed by atoms with Crippen LogP contribution in [-0.4, -0.2) is 28.8 Å². The number of nitrogens with zero attached hydrogens (tertiary/aromatic N) is 3. The number of aromatic nitrogens is 1. The first-order valence-corrected chi connectivity index (χ1v) is 5.93. The molecule has 0 aliphatic carbocycles. The summed E-state index contributed by atoms with van der Waals surface area (Å²) in [5, 5.41) is 19.3. The predicted molar refractivity (Wildman–Crippen MR) is 66.0 cm³/mol. The monoisotopic (exact) mass is 251 g/mol. The molecular weight excluding hydrogens is 238 g/mol. The minimum absolute atomic E-state index is 0.368. The van der Waals surface area contributed by atoms with Gasteiger partial charge in [-0.05, 0) is 25.8 Å². The van der Waals surface area contributed by atoms with Crippen LogP contribution < -0.4 is 4.90 Å². The van der Waals surface area contributed by atoms with Gasteiger partial charge in [0.25, 0.3) is 0 Å². The molecule has 90 valence electrons. The van der Waals surface area contributed by atoms with E-state index in [1.54, 1.807) is 19.2 Å². The summed E-state index contributed by atoms with van der Waals surface area (Å²) in [6, 6.07) is 3.63. The molecule has 2 rings (SSSR count). The van der Waals surface area contributed by atoms with E-state index in [4.69, 9.17) is 16.9 Å². The van der Waals surface area contributed by atoms with Crippen LogP contribution in [0.15, 0.2) is 12.3 Å². The molecule has 1 saturated heterocycles. The molecule has 0 saturated carbocycles. The summed E-state index contributed by atoms with van der Waals surface area (Å²) in [4.78, 5) is 6.15. The Kier molecular flexibility index (Phi) is 3.23. The third-order valence-corrected chi connectivity index (χ3v) is 3.34. The van der Waals surface area contributed by atoms with Crippen molar-refractivity contribution in [2.24, 2.45) is 0 Å². The van der Waals surface area contributed by atoms with Gasteiger partial charge in [0.1, 0.15) is 16.9 Å². The number of nitriles is 1. The third-order valence-electron chi connectivity index (χ3n) is 2.97. The smallest absolute Gasteiger partial charge is 0.148 e. The lowest BCUT2D eigenvalue weighted by Gasteiger charge is -2.37. The molecule has 1 aromatic heterocycles. The Morgan fingerprint density at radius 3 is 3.06 bits per heavy atom. The van der Waals surface area contributed by atoms with E-state index in [1.807, 2.05) is 11.0 Å². The lowest BCUT2D eigenvalue weighted by molar-refractivity contribution is 0.0447. The minimum atomic E-state index is -0.716. The van der Waals surface area contributed by atoms with Crippen molar-refractivity contribution in [3.8, 4) is 6.07 Å². The first-order chi connectivity index (χ1) is 8.03. The molecule has 0 spiro atoms. The van der Waals surface area contributed by atoms with Crippen LogP contribution in [0.25, 0.3) is 0 Å². The Bertz CT molecular complexity index is 467. The van der Waals surface area contributed by atoms with E-state index < -0.39 is 5.60 Å². The first kappa shape index (κ1) is 12.2. The van der Waals surface area contributed by atoms with Gasteiger partial charge in [-0.3, -0.25) is 0 Å². The van der Waals surface area contributed by atoms with Gasteiger partial charge in [0.15, 0.2) is 0 Å². The van der Waals surface area contributed by atoms with Crippen LogP contribution in [0.5, 0.6) is 0 Å². The number of pyridine rings is 1. The molecule has 1 aliphatic heterocycles. The Labute approximate surface area is 105 Å². The zero-order chi connectivity index (χ0) is 12.5. The van der Waals surface area contributed by atoms with E-state index in [-0.39, 0.29) is 0 Å². The molecule has 2 heterocycles. The van der Waals surface area contributed by atoms with Gasteiger partial charge in [0.2, 0.25) is 0 Å². The number of hydrogen-bond acceptors (Lipinski definition) is 4. The van der Waals surface area contributed by atoms with E-state index >= 15 is 0 Å². The number of anilines is 1. The molecule has 5 heteroatoms. The molecule has 4 nitrogen and oxygen atoms in total. The predicted octanol–water partition coefficient (Wildman–Crippen LogP) is 1.96. The highest BCUT2D eigenvalue weighted by Crippen LogP contribution is 2.30. The van der Waals surface area contributed by atoms with Gasteiger partial charge in [-0.15, -0.1) is 0 Å². The van der Waals surface area contributed by atoms with Gasteiger partial charge in [0, 0.05) is 19.3 Å². The normalized spacial score (nSPS) is 24.5. The minimum Gasteiger partial charge on any atom is -0.388 e. The maximum Gasteiger partial charge on any atom is 0.148 e. The van der Waals surface area contributed by atoms with E-state index in [1.165, 1.54) is 0 Å². The Morgan fingerprint density at radius 1 is 1.65 bits per heavy atom. The first-order valence-electron chi connectivity index (χ1n) is 5.55. The van der Waals surface area contributed by atoms with Gasteiger partial charge in [-0.1, -0.05) is 11.6 Å². The van der Waals surface area contributed by atoms with Gasteiger partial charge in [0.05, 0.1) is 11.2 Å². The van der Waals surface area contributed by atoms with Crippen molar-refractivity contribution >= 4 is 17.4 Å². The summed E-state index contributed by atoms with van der Waals surface area (Å²) >= 11 is 6.13. The number of hydrogen-bond donors (Lipinski definition) is 1. The molecule has 1 aliphatic rings. The quantitative estimate of drug-likeness (QED) is 0.829. The van der Waals surface area contributed by atoms with Crippen LogP contribution in [0.3, 0.4) is 0 Å². The summed E-state index contributed by atoms with van der Waals surface area (Å²) in [7, 11) is 0. The van der Waals surface area contributed by atoms with Crippen LogP contribution in [-0.2, 0) is 0 Å². The Balaban J connectivity index is 2.32. The van der Waals surface area contributed by atoms with Crippen LogP contribution in [0.4, 0.5) is 5.82 Å². The SMILES string of the molecule is CC1(O)CCCN(c2nccc(C#N)c2Cl)C1. The topological polar surface area (TPSA) is 60.1 Å². The molecule has 0 radical (unpaired) electrons. The Morgan fingerprint density at radius 2 is 2.41 bits per heavy atom. The average Bonchev–Trinajstić information content (AvgIpc) is 2.28. The molecule has 1 fully saturated rings. The van der Waals surface area contributed by atoms with Crippen molar-refractivity contribution in [3.63, 3.8) is 0 Å². The second-order valence-corrected chi connectivity index (χ2v) is 5.01. The second kappa shape index (κ2) is 4.52. The Hall–Kier alpha value is -1.31. The summed E-state index contributed by atoms with van der Waals surface area (Å²) in [5.41, 5.74) is -0.298. The van der Waals surface area contributed by atoms with Crippen molar-refractivity contribution < 1.29 is 5.11 Å². The molecule has 1 N–H and O–H groups in total. The molecule has 17 heavy (non-hydrogen) atoms. The maximum absolute atomic E-state index is 10.0. The molecule has 0 bridgehead atoms. The van der Waals surface area contributed by atoms with Crippen LogP contribution >= 0.6 is 11.6 Å². The molecule has 1 unspecified atom stereocenters. The molecule has 0 amide bonds. The lowest BCUT2D eigenvalue weighted by Crippen LogP contribution is -2.46. The van der Waals surface area contributed by atoms with Crippen LogP contribution in [0.2, 0.25) is 5.02 Å². The largest absolute Gasteiger partial charge is 0.388 e. The van der Waals surface area contributed by atoms with Gasteiger partial charge >= 0.3 is 0 Å². The van der Waals surface area contributed by atoms with E-state index in [0.717, 1.165) is 19.4 Å². The molecule has 0 aromatic carbocycles. The third kappa shape index (κ3) is 2.51. The van der Waals surface area contributed by atoms with Gasteiger partial charge < -0.3 is 10.0 Å². The van der Waals surface area contributed by atoms with E-state index in [2.05, 4.69) is 4.98 Å². The van der Waals surface area contributed by atoms with Crippen molar-refractivity contribution in [2.75, 3.05) is 18.0 Å². The molecule has 1 aromatic rings. The fourth-order valence-electron chi connectivity index (χ4n) is 2.14. The summed E-state index contributed by atoms with van der Waals surface area (Å²) in [6.45, 7) is 3.10. The highest BCUT2D eigenvalue weighted by atomic mass is 35.5. The van der Waals surface area contributed by atoms with Crippen LogP contribution in [0.1, 0.15) is 25.3 Å². The number of piperidine rings is 1. The summed E-state index contributed by atoms with van der Waals surface area (Å²) in [6.07, 6.45) is 3.24. The standard InChI is InChI=1S/C12H14ClN3O/c1-12(17)4-2-6-16(8-12)11-10(13)9(7-14)3-5-15-11/h3,5,17H,2,4,6,8H2,1H3. The second-order valence-electron chi connectivity index (χ2n) is 4.63. The van der Waals surface area contributed by atoms with Crippen molar-refractivity contribution in [2.45, 2.75) is 25.4 Å². The fraction of sp³-hybridized carbons (Fsp3) is 0.500. The zero-order valence-corrected chi connectivity index (χ0v) is 10.4. The number of halogens is 1. The van der Waals surface area contributed by atoms with Gasteiger partial charge in [-0.25, -0.2) is 4.98 Å². The maximum atomic E-state index is 10.0. The number of rotatable bonds is 1. The number of aliphatic hydroxyl groups is 1. The lowest BCUT2D eigenvalue weighted by atomic mass is 9.95. The molecule has 1 atom stereocenters. The van der Waals surface area contributed by atoms with Crippen LogP contribution in [0, 0.1) is 11.3 Å². The zero-order valence-electron chi connectivity index (χ0n) is 9.65. The van der Waals surface area contributed by atoms with E-state index in [9.17, 15) is 5.11 Å². The van der Waals surface area contributed by atoms with Crippen molar-refractivity contribution in [3.05, 3.63) is 22.8 Å². The van der Waals surface area contributed by atoms with Crippen molar-refractivity contribution in [1.29, 1.82) is 5.26 Å². The van der Waals surface area contributed by atoms with Gasteiger partial charge in [-0.2, -0.15) is 5.26 Å². The highest BCUT2D eigenvalue weighted by molar-refractivity contribution is 6.34. The fourth-order valence-corrected chi connectivity index (χ4v) is 2.41. The number of β-amino-alcohol motifs (C(OH)–C–C–N with tert-alkyl or cyclic N) is 1. The van der Waals surface area contributed by atoms with E-state index in [0.29, 0.717) is 22.9 Å². The summed E-state index contributed by atoms with van der Waals surface area (Å²) in [5.74, 6) is 0.589. The summed E-state index contributed by atoms with van der Waals surface area (Å²) < 4.78 is 0. The molecular formula is C12H14ClN3O. The average molecular weight is 252 g/mol. The van der Waals surface area contributed by atoms with Crippen molar-refractivity contribution in [1.82, 2.24) is 4.98 Å². The highest BCUT2D eigenvalue weighted by Gasteiger charge is 2.30.